The molecule has 0 N–H and O–H groups in total. The SMILES string of the molecule is CCC1=CC=CSN1CC. The minimum absolute atomic E-state index is 1.09. The molecule has 0 atom stereocenters. The first kappa shape index (κ1) is 7.73. The van der Waals surface area contributed by atoms with Gasteiger partial charge >= 0.3 is 0 Å². The van der Waals surface area contributed by atoms with E-state index in [1.54, 1.807) is 11.9 Å². The lowest BCUT2D eigenvalue weighted by Gasteiger charge is -2.23. The quantitative estimate of drug-likeness (QED) is 0.564. The van der Waals surface area contributed by atoms with Crippen molar-refractivity contribution in [2.24, 2.45) is 0 Å². The number of allylic oxidation sites excluding steroid dienone is 3. The van der Waals surface area contributed by atoms with Crippen molar-refractivity contribution < 1.29 is 0 Å². The average molecular weight is 155 g/mol. The molecule has 0 bridgehead atoms. The van der Waals surface area contributed by atoms with Crippen LogP contribution in [0.2, 0.25) is 0 Å². The second-order valence-corrected chi connectivity index (χ2v) is 3.06. The molecule has 1 heterocycles. The van der Waals surface area contributed by atoms with Gasteiger partial charge in [0.15, 0.2) is 0 Å². The monoisotopic (exact) mass is 155 g/mol. The van der Waals surface area contributed by atoms with Crippen LogP contribution in [0, 0.1) is 0 Å². The molecule has 10 heavy (non-hydrogen) atoms. The van der Waals surface area contributed by atoms with Crippen LogP contribution in [0.1, 0.15) is 20.3 Å². The van der Waals surface area contributed by atoms with Crippen molar-refractivity contribution in [3.8, 4) is 0 Å². The first-order chi connectivity index (χ1) is 4.88. The summed E-state index contributed by atoms with van der Waals surface area (Å²) in [5, 5.41) is 2.11. The Morgan fingerprint density at radius 1 is 1.50 bits per heavy atom. The maximum atomic E-state index is 2.31. The molecule has 0 aromatic heterocycles. The van der Waals surface area contributed by atoms with Gasteiger partial charge in [0.2, 0.25) is 0 Å². The van der Waals surface area contributed by atoms with E-state index in [0.29, 0.717) is 0 Å². The van der Waals surface area contributed by atoms with Crippen molar-refractivity contribution in [2.45, 2.75) is 20.3 Å². The smallest absolute Gasteiger partial charge is 0.0267 e. The number of rotatable bonds is 2. The van der Waals surface area contributed by atoms with Crippen LogP contribution in [0.4, 0.5) is 0 Å². The molecule has 0 saturated carbocycles. The molecule has 0 aliphatic carbocycles. The predicted molar refractivity (Wildman–Crippen MR) is 47.5 cm³/mol. The molecule has 0 aromatic rings. The second kappa shape index (κ2) is 3.71. The van der Waals surface area contributed by atoms with Crippen LogP contribution in [0.25, 0.3) is 0 Å². The van der Waals surface area contributed by atoms with E-state index in [0.717, 1.165) is 13.0 Å². The Morgan fingerprint density at radius 2 is 2.30 bits per heavy atom. The zero-order valence-corrected chi connectivity index (χ0v) is 7.32. The molecular formula is C8H13NS. The molecule has 0 saturated heterocycles. The lowest BCUT2D eigenvalue weighted by atomic mass is 10.3. The van der Waals surface area contributed by atoms with Crippen molar-refractivity contribution in [1.29, 1.82) is 0 Å². The van der Waals surface area contributed by atoms with Gasteiger partial charge in [-0.15, -0.1) is 0 Å². The van der Waals surface area contributed by atoms with Crippen LogP contribution in [-0.2, 0) is 0 Å². The van der Waals surface area contributed by atoms with Gasteiger partial charge in [-0.25, -0.2) is 0 Å². The Labute approximate surface area is 66.9 Å². The summed E-state index contributed by atoms with van der Waals surface area (Å²) in [5.41, 5.74) is 1.43. The predicted octanol–water partition coefficient (Wildman–Crippen LogP) is 2.78. The highest BCUT2D eigenvalue weighted by Gasteiger charge is 2.05. The average Bonchev–Trinajstić information content (AvgIpc) is 2.04. The highest BCUT2D eigenvalue weighted by Crippen LogP contribution is 2.24. The van der Waals surface area contributed by atoms with Gasteiger partial charge < -0.3 is 4.31 Å². The minimum atomic E-state index is 1.09. The van der Waals surface area contributed by atoms with E-state index in [4.69, 9.17) is 0 Å². The Balaban J connectivity index is 2.61. The van der Waals surface area contributed by atoms with Crippen molar-refractivity contribution in [3.63, 3.8) is 0 Å². The number of hydrogen-bond acceptors (Lipinski definition) is 2. The van der Waals surface area contributed by atoms with E-state index in [1.807, 2.05) is 0 Å². The van der Waals surface area contributed by atoms with E-state index in [1.165, 1.54) is 5.70 Å². The van der Waals surface area contributed by atoms with E-state index in [-0.39, 0.29) is 0 Å². The van der Waals surface area contributed by atoms with Crippen LogP contribution < -0.4 is 0 Å². The Kier molecular flexibility index (Phi) is 2.87. The summed E-state index contributed by atoms with van der Waals surface area (Å²) in [4.78, 5) is 0. The molecule has 0 aromatic carbocycles. The molecule has 56 valence electrons. The summed E-state index contributed by atoms with van der Waals surface area (Å²) in [7, 11) is 0. The largest absolute Gasteiger partial charge is 0.317 e. The van der Waals surface area contributed by atoms with Gasteiger partial charge in [0.05, 0.1) is 0 Å². The molecule has 0 fully saturated rings. The summed E-state index contributed by atoms with van der Waals surface area (Å²) < 4.78 is 2.31. The summed E-state index contributed by atoms with van der Waals surface area (Å²) in [5.74, 6) is 0. The zero-order valence-electron chi connectivity index (χ0n) is 6.50. The maximum Gasteiger partial charge on any atom is 0.0267 e. The van der Waals surface area contributed by atoms with Gasteiger partial charge in [-0.2, -0.15) is 0 Å². The van der Waals surface area contributed by atoms with Crippen LogP contribution in [0.5, 0.6) is 0 Å². The number of hydrogen-bond donors (Lipinski definition) is 0. The Bertz CT molecular complexity index is 161. The Hall–Kier alpha value is -0.370. The molecule has 0 spiro atoms. The molecule has 1 rings (SSSR count). The highest BCUT2D eigenvalue weighted by molar-refractivity contribution is 8.00. The van der Waals surface area contributed by atoms with Gasteiger partial charge in [0, 0.05) is 12.2 Å². The van der Waals surface area contributed by atoms with Crippen LogP contribution in [0.3, 0.4) is 0 Å². The lowest BCUT2D eigenvalue weighted by Crippen LogP contribution is -2.14. The third-order valence-electron chi connectivity index (χ3n) is 1.53. The summed E-state index contributed by atoms with van der Waals surface area (Å²) >= 11 is 1.78. The maximum absolute atomic E-state index is 2.31. The van der Waals surface area contributed by atoms with Crippen LogP contribution >= 0.6 is 11.9 Å². The summed E-state index contributed by atoms with van der Waals surface area (Å²) in [6, 6.07) is 0. The molecule has 1 nitrogen and oxygen atoms in total. The zero-order chi connectivity index (χ0) is 7.40. The highest BCUT2D eigenvalue weighted by atomic mass is 32.2. The fourth-order valence-corrected chi connectivity index (χ4v) is 1.75. The van der Waals surface area contributed by atoms with E-state index >= 15 is 0 Å². The van der Waals surface area contributed by atoms with Gasteiger partial charge in [0.25, 0.3) is 0 Å². The van der Waals surface area contributed by atoms with Gasteiger partial charge in [-0.1, -0.05) is 13.0 Å². The molecule has 1 aliphatic heterocycles. The summed E-state index contributed by atoms with van der Waals surface area (Å²) in [6.45, 7) is 5.46. The van der Waals surface area contributed by atoms with Crippen LogP contribution in [-0.4, -0.2) is 10.8 Å². The Morgan fingerprint density at radius 3 is 2.80 bits per heavy atom. The van der Waals surface area contributed by atoms with Crippen molar-refractivity contribution in [2.75, 3.05) is 6.54 Å². The van der Waals surface area contributed by atoms with Gasteiger partial charge in [-0.05, 0) is 36.8 Å². The van der Waals surface area contributed by atoms with Crippen molar-refractivity contribution >= 4 is 11.9 Å². The standard InChI is InChI=1S/C8H13NS/c1-3-8-6-5-7-10-9(8)4-2/h5-7H,3-4H2,1-2H3. The lowest BCUT2D eigenvalue weighted by molar-refractivity contribution is 0.584. The van der Waals surface area contributed by atoms with E-state index < -0.39 is 0 Å². The van der Waals surface area contributed by atoms with E-state index in [9.17, 15) is 0 Å². The second-order valence-electron chi connectivity index (χ2n) is 2.14. The fourth-order valence-electron chi connectivity index (χ4n) is 0.982. The molecular weight excluding hydrogens is 142 g/mol. The molecule has 0 amide bonds. The topological polar surface area (TPSA) is 3.24 Å². The van der Waals surface area contributed by atoms with E-state index in [2.05, 4.69) is 35.7 Å². The molecule has 0 radical (unpaired) electrons. The van der Waals surface area contributed by atoms with Gasteiger partial charge in [-0.3, -0.25) is 0 Å². The van der Waals surface area contributed by atoms with Gasteiger partial charge in [0.1, 0.15) is 0 Å². The molecule has 0 unspecified atom stereocenters. The normalized spacial score (nSPS) is 17.4. The first-order valence-corrected chi connectivity index (χ1v) is 4.52. The van der Waals surface area contributed by atoms with Crippen LogP contribution in [0.15, 0.2) is 23.3 Å². The fraction of sp³-hybridized carbons (Fsp3) is 0.500. The first-order valence-electron chi connectivity index (χ1n) is 3.68. The van der Waals surface area contributed by atoms with Crippen molar-refractivity contribution in [1.82, 2.24) is 4.31 Å². The molecule has 1 aliphatic rings. The third kappa shape index (κ3) is 1.57. The third-order valence-corrected chi connectivity index (χ3v) is 2.55. The number of nitrogens with zero attached hydrogens (tertiary/aromatic N) is 1. The minimum Gasteiger partial charge on any atom is -0.317 e. The summed E-state index contributed by atoms with van der Waals surface area (Å²) in [6.07, 6.45) is 5.42. The van der Waals surface area contributed by atoms with Crippen molar-refractivity contribution in [3.05, 3.63) is 23.3 Å². The molecule has 2 heteroatoms.